The van der Waals surface area contributed by atoms with Crippen molar-refractivity contribution in [3.63, 3.8) is 0 Å². The highest BCUT2D eigenvalue weighted by molar-refractivity contribution is 6.05. The van der Waals surface area contributed by atoms with Crippen LogP contribution in [0.1, 0.15) is 33.7 Å². The van der Waals surface area contributed by atoms with Gasteiger partial charge in [0.05, 0.1) is 18.4 Å². The Morgan fingerprint density at radius 3 is 2.76 bits per heavy atom. The summed E-state index contributed by atoms with van der Waals surface area (Å²) in [5.41, 5.74) is 3.06. The highest BCUT2D eigenvalue weighted by Crippen LogP contribution is 2.18. The molecule has 1 heterocycles. The van der Waals surface area contributed by atoms with E-state index >= 15 is 0 Å². The molecule has 4 heteroatoms. The molecule has 0 aliphatic heterocycles. The van der Waals surface area contributed by atoms with Crippen LogP contribution in [-0.2, 0) is 0 Å². The maximum atomic E-state index is 12.1. The van der Waals surface area contributed by atoms with E-state index in [0.717, 1.165) is 16.8 Å². The molecule has 0 aliphatic rings. The third kappa shape index (κ3) is 3.74. The van der Waals surface area contributed by atoms with Gasteiger partial charge >= 0.3 is 0 Å². The van der Waals surface area contributed by atoms with Crippen molar-refractivity contribution < 1.29 is 14.3 Å². The van der Waals surface area contributed by atoms with Crippen molar-refractivity contribution in [2.75, 3.05) is 11.9 Å². The Balaban J connectivity index is 2.13. The van der Waals surface area contributed by atoms with Gasteiger partial charge in [0.15, 0.2) is 0 Å². The second-order valence-corrected chi connectivity index (χ2v) is 4.65. The molecule has 0 aliphatic carbocycles. The summed E-state index contributed by atoms with van der Waals surface area (Å²) in [6.07, 6.45) is 1.95. The molecule has 0 atom stereocenters. The van der Waals surface area contributed by atoms with Gasteiger partial charge in [-0.2, -0.15) is 0 Å². The maximum Gasteiger partial charge on any atom is 0.259 e. The average Bonchev–Trinajstić information content (AvgIpc) is 2.88. The molecule has 21 heavy (non-hydrogen) atoms. The standard InChI is InChI=1S/C17H17NO3/c1-12-11-14(5-3-4-9-19)6-7-16(12)18-17(20)15-8-10-21-13(15)2/h6-8,10-11,19H,4,9H2,1-2H3,(H,18,20). The first kappa shape index (κ1) is 14.9. The molecule has 0 saturated carbocycles. The van der Waals surface area contributed by atoms with Crippen LogP contribution < -0.4 is 5.32 Å². The Morgan fingerprint density at radius 2 is 2.14 bits per heavy atom. The third-order valence-electron chi connectivity index (χ3n) is 3.05. The first-order chi connectivity index (χ1) is 10.1. The van der Waals surface area contributed by atoms with E-state index in [9.17, 15) is 4.79 Å². The van der Waals surface area contributed by atoms with Crippen LogP contribution in [0.25, 0.3) is 0 Å². The van der Waals surface area contributed by atoms with Gasteiger partial charge in [-0.25, -0.2) is 0 Å². The van der Waals surface area contributed by atoms with E-state index in [2.05, 4.69) is 17.2 Å². The van der Waals surface area contributed by atoms with Crippen molar-refractivity contribution in [2.45, 2.75) is 20.3 Å². The lowest BCUT2D eigenvalue weighted by atomic mass is 10.1. The fourth-order valence-electron chi connectivity index (χ4n) is 1.91. The number of hydrogen-bond acceptors (Lipinski definition) is 3. The van der Waals surface area contributed by atoms with Crippen molar-refractivity contribution in [3.05, 3.63) is 53.0 Å². The largest absolute Gasteiger partial charge is 0.469 e. The van der Waals surface area contributed by atoms with Crippen molar-refractivity contribution in [1.82, 2.24) is 0 Å². The molecule has 1 aromatic heterocycles. The van der Waals surface area contributed by atoms with Crippen molar-refractivity contribution in [1.29, 1.82) is 0 Å². The summed E-state index contributed by atoms with van der Waals surface area (Å²) in [5.74, 6) is 6.24. The molecular weight excluding hydrogens is 266 g/mol. The van der Waals surface area contributed by atoms with E-state index in [0.29, 0.717) is 17.7 Å². The summed E-state index contributed by atoms with van der Waals surface area (Å²) in [6.45, 7) is 3.72. The number of hydrogen-bond donors (Lipinski definition) is 2. The number of benzene rings is 1. The van der Waals surface area contributed by atoms with E-state index in [-0.39, 0.29) is 12.5 Å². The van der Waals surface area contributed by atoms with Crippen LogP contribution in [0.2, 0.25) is 0 Å². The summed E-state index contributed by atoms with van der Waals surface area (Å²) in [4.78, 5) is 12.1. The lowest BCUT2D eigenvalue weighted by Crippen LogP contribution is -2.13. The minimum atomic E-state index is -0.191. The van der Waals surface area contributed by atoms with Crippen LogP contribution in [0.4, 0.5) is 5.69 Å². The van der Waals surface area contributed by atoms with Crippen LogP contribution in [0.15, 0.2) is 34.9 Å². The van der Waals surface area contributed by atoms with E-state index in [4.69, 9.17) is 9.52 Å². The van der Waals surface area contributed by atoms with Crippen LogP contribution in [0.5, 0.6) is 0 Å². The van der Waals surface area contributed by atoms with Crippen LogP contribution >= 0.6 is 0 Å². The number of rotatable bonds is 3. The molecule has 0 saturated heterocycles. The topological polar surface area (TPSA) is 62.5 Å². The van der Waals surface area contributed by atoms with E-state index in [1.165, 1.54) is 6.26 Å². The Bertz CT molecular complexity index is 704. The molecule has 108 valence electrons. The van der Waals surface area contributed by atoms with E-state index in [1.807, 2.05) is 25.1 Å². The Labute approximate surface area is 123 Å². The van der Waals surface area contributed by atoms with Crippen LogP contribution in [0.3, 0.4) is 0 Å². The summed E-state index contributed by atoms with van der Waals surface area (Å²) < 4.78 is 5.13. The molecule has 0 bridgehead atoms. The maximum absolute atomic E-state index is 12.1. The minimum Gasteiger partial charge on any atom is -0.469 e. The van der Waals surface area contributed by atoms with Crippen LogP contribution in [0, 0.1) is 25.7 Å². The zero-order valence-electron chi connectivity index (χ0n) is 12.1. The number of amides is 1. The number of aliphatic hydroxyl groups excluding tert-OH is 1. The zero-order chi connectivity index (χ0) is 15.2. The summed E-state index contributed by atoms with van der Waals surface area (Å²) >= 11 is 0. The zero-order valence-corrected chi connectivity index (χ0v) is 12.1. The summed E-state index contributed by atoms with van der Waals surface area (Å²) in [5, 5.41) is 11.6. The van der Waals surface area contributed by atoms with Gasteiger partial charge in [-0.3, -0.25) is 4.79 Å². The first-order valence-corrected chi connectivity index (χ1v) is 6.67. The lowest BCUT2D eigenvalue weighted by molar-refractivity contribution is 0.102. The molecule has 1 aromatic carbocycles. The van der Waals surface area contributed by atoms with Gasteiger partial charge in [-0.1, -0.05) is 11.8 Å². The van der Waals surface area contributed by atoms with Gasteiger partial charge in [-0.05, 0) is 43.7 Å². The van der Waals surface area contributed by atoms with Gasteiger partial charge < -0.3 is 14.8 Å². The van der Waals surface area contributed by atoms with Crippen molar-refractivity contribution in [2.24, 2.45) is 0 Å². The van der Waals surface area contributed by atoms with Crippen molar-refractivity contribution in [3.8, 4) is 11.8 Å². The second kappa shape index (κ2) is 6.78. The van der Waals surface area contributed by atoms with E-state index in [1.54, 1.807) is 13.0 Å². The van der Waals surface area contributed by atoms with Gasteiger partial charge in [0.2, 0.25) is 0 Å². The smallest absolute Gasteiger partial charge is 0.259 e. The highest BCUT2D eigenvalue weighted by Gasteiger charge is 2.12. The average molecular weight is 283 g/mol. The molecule has 2 aromatic rings. The number of nitrogens with one attached hydrogen (secondary N) is 1. The molecule has 1 amide bonds. The molecule has 2 N–H and O–H groups in total. The SMILES string of the molecule is Cc1cc(C#CCCO)ccc1NC(=O)c1ccoc1C. The van der Waals surface area contributed by atoms with E-state index < -0.39 is 0 Å². The van der Waals surface area contributed by atoms with Crippen molar-refractivity contribution >= 4 is 11.6 Å². The second-order valence-electron chi connectivity index (χ2n) is 4.65. The quantitative estimate of drug-likeness (QED) is 0.851. The number of aliphatic hydroxyl groups is 1. The van der Waals surface area contributed by atoms with Gasteiger partial charge in [0, 0.05) is 17.7 Å². The molecular formula is C17H17NO3. The normalized spacial score (nSPS) is 9.86. The number of furan rings is 1. The lowest BCUT2D eigenvalue weighted by Gasteiger charge is -2.08. The molecule has 4 nitrogen and oxygen atoms in total. The monoisotopic (exact) mass is 283 g/mol. The van der Waals surface area contributed by atoms with Gasteiger partial charge in [0.1, 0.15) is 5.76 Å². The molecule has 0 spiro atoms. The molecule has 0 fully saturated rings. The van der Waals surface area contributed by atoms with Gasteiger partial charge in [-0.15, -0.1) is 0 Å². The Kier molecular flexibility index (Phi) is 4.81. The van der Waals surface area contributed by atoms with Crippen LogP contribution in [-0.4, -0.2) is 17.6 Å². The summed E-state index contributed by atoms with van der Waals surface area (Å²) in [7, 11) is 0. The number of carbonyl (C=O) groups is 1. The predicted octanol–water partition coefficient (Wildman–Crippen LogP) is 2.88. The minimum absolute atomic E-state index is 0.0597. The number of anilines is 1. The fourth-order valence-corrected chi connectivity index (χ4v) is 1.91. The summed E-state index contributed by atoms with van der Waals surface area (Å²) in [6, 6.07) is 7.22. The molecule has 2 rings (SSSR count). The first-order valence-electron chi connectivity index (χ1n) is 6.67. The molecule has 0 radical (unpaired) electrons. The predicted molar refractivity (Wildman–Crippen MR) is 81.2 cm³/mol. The molecule has 0 unspecified atom stereocenters. The Morgan fingerprint density at radius 1 is 1.33 bits per heavy atom. The number of aryl methyl sites for hydroxylation is 2. The Hall–Kier alpha value is -2.51. The van der Waals surface area contributed by atoms with Gasteiger partial charge in [0.25, 0.3) is 5.91 Å². The fraction of sp³-hybridized carbons (Fsp3) is 0.235. The highest BCUT2D eigenvalue weighted by atomic mass is 16.3. The third-order valence-corrected chi connectivity index (χ3v) is 3.05. The number of carbonyl (C=O) groups excluding carboxylic acids is 1.